The van der Waals surface area contributed by atoms with E-state index in [1.807, 2.05) is 0 Å². The summed E-state index contributed by atoms with van der Waals surface area (Å²) in [5, 5.41) is 10.5. The van der Waals surface area contributed by atoms with Crippen molar-refractivity contribution in [1.82, 2.24) is 15.5 Å². The van der Waals surface area contributed by atoms with Gasteiger partial charge in [0.1, 0.15) is 0 Å². The van der Waals surface area contributed by atoms with Crippen LogP contribution in [0.15, 0.2) is 30.3 Å². The fourth-order valence-corrected chi connectivity index (χ4v) is 1.35. The summed E-state index contributed by atoms with van der Waals surface area (Å²) in [5.41, 5.74) is 0.726. The number of hydrogen-bond acceptors (Lipinski definition) is 4. The van der Waals surface area contributed by atoms with Crippen LogP contribution in [0.5, 0.6) is 11.6 Å². The van der Waals surface area contributed by atoms with Crippen LogP contribution < -0.4 is 10.1 Å². The molecule has 1 heterocycles. The molecular weight excluding hydrogens is 240 g/mol. The predicted octanol–water partition coefficient (Wildman–Crippen LogP) is 2.27. The van der Waals surface area contributed by atoms with Gasteiger partial charge in [-0.3, -0.25) is 0 Å². The summed E-state index contributed by atoms with van der Waals surface area (Å²) in [6.07, 6.45) is 0. The van der Waals surface area contributed by atoms with Crippen LogP contribution in [-0.4, -0.2) is 17.2 Å². The lowest BCUT2D eigenvalue weighted by atomic mass is 10.3. The van der Waals surface area contributed by atoms with E-state index in [0.29, 0.717) is 6.54 Å². The summed E-state index contributed by atoms with van der Waals surface area (Å²) in [6.45, 7) is 0.571. The van der Waals surface area contributed by atoms with Gasteiger partial charge in [-0.15, -0.1) is 5.10 Å². The number of benzene rings is 1. The summed E-state index contributed by atoms with van der Waals surface area (Å²) in [4.78, 5) is 0. The molecule has 2 rings (SSSR count). The van der Waals surface area contributed by atoms with Crippen LogP contribution in [-0.2, 0) is 6.54 Å². The summed E-state index contributed by atoms with van der Waals surface area (Å²) in [6, 6.07) is 6.93. The lowest BCUT2D eigenvalue weighted by molar-refractivity contribution is 0.400. The van der Waals surface area contributed by atoms with E-state index in [1.54, 1.807) is 19.2 Å². The van der Waals surface area contributed by atoms with Crippen LogP contribution in [0.4, 0.5) is 8.78 Å². The molecule has 0 saturated heterocycles. The zero-order chi connectivity index (χ0) is 13.0. The van der Waals surface area contributed by atoms with E-state index in [-0.39, 0.29) is 11.6 Å². The van der Waals surface area contributed by atoms with Crippen molar-refractivity contribution in [2.24, 2.45) is 0 Å². The standard InChI is InChI=1S/C12H11F2N3O/c1-15-7-8-5-6-11(17-16-8)18-10-4-2-3-9(13)12(10)14/h2-6,15H,7H2,1H3. The van der Waals surface area contributed by atoms with Gasteiger partial charge < -0.3 is 10.1 Å². The van der Waals surface area contributed by atoms with Gasteiger partial charge in [0.2, 0.25) is 11.7 Å². The van der Waals surface area contributed by atoms with Gasteiger partial charge in [-0.2, -0.15) is 9.49 Å². The average Bonchev–Trinajstić information content (AvgIpc) is 2.38. The van der Waals surface area contributed by atoms with Crippen LogP contribution in [0.25, 0.3) is 0 Å². The Kier molecular flexibility index (Phi) is 3.78. The highest BCUT2D eigenvalue weighted by Gasteiger charge is 2.10. The monoisotopic (exact) mass is 251 g/mol. The summed E-state index contributed by atoms with van der Waals surface area (Å²) < 4.78 is 31.4. The fraction of sp³-hybridized carbons (Fsp3) is 0.167. The van der Waals surface area contributed by atoms with Crippen LogP contribution in [0.3, 0.4) is 0 Å². The largest absolute Gasteiger partial charge is 0.434 e. The lowest BCUT2D eigenvalue weighted by Crippen LogP contribution is -2.07. The maximum absolute atomic E-state index is 13.3. The predicted molar refractivity (Wildman–Crippen MR) is 61.2 cm³/mol. The van der Waals surface area contributed by atoms with Crippen LogP contribution in [0, 0.1) is 11.6 Å². The molecule has 0 aliphatic heterocycles. The van der Waals surface area contributed by atoms with Gasteiger partial charge in [0.25, 0.3) is 0 Å². The zero-order valence-electron chi connectivity index (χ0n) is 9.65. The Hall–Kier alpha value is -2.08. The summed E-state index contributed by atoms with van der Waals surface area (Å²) in [7, 11) is 1.79. The molecule has 1 aromatic heterocycles. The molecule has 18 heavy (non-hydrogen) atoms. The molecule has 94 valence electrons. The second kappa shape index (κ2) is 5.50. The Bertz CT molecular complexity index is 531. The molecule has 0 aliphatic rings. The van der Waals surface area contributed by atoms with E-state index < -0.39 is 11.6 Å². The Labute approximate surface area is 103 Å². The van der Waals surface area contributed by atoms with Crippen molar-refractivity contribution in [3.05, 3.63) is 47.7 Å². The molecule has 0 amide bonds. The molecule has 0 spiro atoms. The van der Waals surface area contributed by atoms with E-state index in [4.69, 9.17) is 4.74 Å². The number of rotatable bonds is 4. The summed E-state index contributed by atoms with van der Waals surface area (Å²) >= 11 is 0. The van der Waals surface area contributed by atoms with Crippen LogP contribution in [0.1, 0.15) is 5.69 Å². The van der Waals surface area contributed by atoms with E-state index in [2.05, 4.69) is 15.5 Å². The minimum Gasteiger partial charge on any atom is -0.434 e. The van der Waals surface area contributed by atoms with Gasteiger partial charge in [-0.1, -0.05) is 6.07 Å². The summed E-state index contributed by atoms with van der Waals surface area (Å²) in [5.74, 6) is -2.11. The van der Waals surface area contributed by atoms with E-state index in [0.717, 1.165) is 11.8 Å². The lowest BCUT2D eigenvalue weighted by Gasteiger charge is -2.06. The maximum Gasteiger partial charge on any atom is 0.239 e. The van der Waals surface area contributed by atoms with E-state index in [1.165, 1.54) is 12.1 Å². The zero-order valence-corrected chi connectivity index (χ0v) is 9.65. The van der Waals surface area contributed by atoms with E-state index in [9.17, 15) is 8.78 Å². The molecule has 0 saturated carbocycles. The third-order valence-electron chi connectivity index (χ3n) is 2.18. The van der Waals surface area contributed by atoms with Crippen molar-refractivity contribution < 1.29 is 13.5 Å². The molecule has 0 aliphatic carbocycles. The van der Waals surface area contributed by atoms with Gasteiger partial charge in [0, 0.05) is 12.6 Å². The fourth-order valence-electron chi connectivity index (χ4n) is 1.35. The highest BCUT2D eigenvalue weighted by Crippen LogP contribution is 2.23. The van der Waals surface area contributed by atoms with Gasteiger partial charge >= 0.3 is 0 Å². The molecule has 6 heteroatoms. The first-order valence-electron chi connectivity index (χ1n) is 5.30. The Morgan fingerprint density at radius 2 is 2.00 bits per heavy atom. The third kappa shape index (κ3) is 2.78. The Morgan fingerprint density at radius 1 is 1.17 bits per heavy atom. The first-order chi connectivity index (χ1) is 8.70. The topological polar surface area (TPSA) is 47.0 Å². The average molecular weight is 251 g/mol. The van der Waals surface area contributed by atoms with Crippen molar-refractivity contribution in [2.45, 2.75) is 6.54 Å². The number of hydrogen-bond donors (Lipinski definition) is 1. The van der Waals surface area contributed by atoms with Gasteiger partial charge in [-0.05, 0) is 25.2 Å². The molecule has 0 radical (unpaired) electrons. The third-order valence-corrected chi connectivity index (χ3v) is 2.18. The molecule has 0 atom stereocenters. The van der Waals surface area contributed by atoms with Crippen molar-refractivity contribution in [1.29, 1.82) is 0 Å². The molecule has 0 fully saturated rings. The highest BCUT2D eigenvalue weighted by molar-refractivity contribution is 5.29. The first kappa shape index (κ1) is 12.4. The smallest absolute Gasteiger partial charge is 0.239 e. The van der Waals surface area contributed by atoms with Crippen molar-refractivity contribution >= 4 is 0 Å². The van der Waals surface area contributed by atoms with E-state index >= 15 is 0 Å². The molecule has 1 N–H and O–H groups in total. The quantitative estimate of drug-likeness (QED) is 0.905. The number of nitrogens with zero attached hydrogens (tertiary/aromatic N) is 2. The minimum absolute atomic E-state index is 0.111. The number of aromatic nitrogens is 2. The maximum atomic E-state index is 13.3. The first-order valence-corrected chi connectivity index (χ1v) is 5.30. The number of ether oxygens (including phenoxy) is 1. The Balaban J connectivity index is 2.16. The number of nitrogens with one attached hydrogen (secondary N) is 1. The second-order valence-corrected chi connectivity index (χ2v) is 3.55. The van der Waals surface area contributed by atoms with Gasteiger partial charge in [0.05, 0.1) is 5.69 Å². The minimum atomic E-state index is -1.04. The van der Waals surface area contributed by atoms with Crippen molar-refractivity contribution in [2.75, 3.05) is 7.05 Å². The van der Waals surface area contributed by atoms with Crippen LogP contribution >= 0.6 is 0 Å². The molecule has 0 bridgehead atoms. The molecule has 1 aromatic carbocycles. The molecule has 0 unspecified atom stereocenters. The Morgan fingerprint density at radius 3 is 2.67 bits per heavy atom. The molecule has 4 nitrogen and oxygen atoms in total. The SMILES string of the molecule is CNCc1ccc(Oc2cccc(F)c2F)nn1. The number of halogens is 2. The molecular formula is C12H11F2N3O. The molecule has 2 aromatic rings. The van der Waals surface area contributed by atoms with Gasteiger partial charge in [-0.25, -0.2) is 4.39 Å². The highest BCUT2D eigenvalue weighted by atomic mass is 19.2. The van der Waals surface area contributed by atoms with Gasteiger partial charge in [0.15, 0.2) is 11.6 Å². The van der Waals surface area contributed by atoms with Crippen LogP contribution in [0.2, 0.25) is 0 Å². The normalized spacial score (nSPS) is 10.4. The van der Waals surface area contributed by atoms with Crippen molar-refractivity contribution in [3.63, 3.8) is 0 Å². The van der Waals surface area contributed by atoms with Crippen molar-refractivity contribution in [3.8, 4) is 11.6 Å². The second-order valence-electron chi connectivity index (χ2n) is 3.55.